The summed E-state index contributed by atoms with van der Waals surface area (Å²) in [5.41, 5.74) is 2.52. The number of rotatable bonds is 9. The maximum atomic E-state index is 13.1. The molecule has 2 aromatic rings. The van der Waals surface area contributed by atoms with Crippen LogP contribution in [0.25, 0.3) is 5.76 Å². The van der Waals surface area contributed by atoms with Gasteiger partial charge in [-0.15, -0.1) is 0 Å². The highest BCUT2D eigenvalue weighted by atomic mass is 16.5. The Labute approximate surface area is 195 Å². The molecule has 1 saturated heterocycles. The molecule has 174 valence electrons. The van der Waals surface area contributed by atoms with Gasteiger partial charge in [0.15, 0.2) is 0 Å². The molecule has 1 amide bonds. The molecular formula is C27H32N2O4. The molecule has 0 saturated carbocycles. The molecule has 1 fully saturated rings. The Morgan fingerprint density at radius 1 is 1.12 bits per heavy atom. The minimum absolute atomic E-state index is 0.107. The van der Waals surface area contributed by atoms with Gasteiger partial charge in [-0.05, 0) is 55.4 Å². The summed E-state index contributed by atoms with van der Waals surface area (Å²) in [6.45, 7) is 9.19. The van der Waals surface area contributed by atoms with Crippen LogP contribution < -0.4 is 4.74 Å². The lowest BCUT2D eigenvalue weighted by atomic mass is 9.93. The third-order valence-corrected chi connectivity index (χ3v) is 5.74. The number of aliphatic hydroxyl groups is 1. The highest BCUT2D eigenvalue weighted by Gasteiger charge is 2.45. The van der Waals surface area contributed by atoms with Gasteiger partial charge < -0.3 is 19.6 Å². The van der Waals surface area contributed by atoms with Crippen LogP contribution in [0.2, 0.25) is 0 Å². The summed E-state index contributed by atoms with van der Waals surface area (Å²) in [5, 5.41) is 11.2. The lowest BCUT2D eigenvalue weighted by Crippen LogP contribution is -2.35. The van der Waals surface area contributed by atoms with Crippen molar-refractivity contribution >= 4 is 17.4 Å². The number of likely N-dealkylation sites (N-methyl/N-ethyl adjacent to an activating group) is 1. The number of hydrogen-bond acceptors (Lipinski definition) is 5. The number of carbonyl (C=O) groups is 2. The summed E-state index contributed by atoms with van der Waals surface area (Å²) in [6.07, 6.45) is 1.65. The standard InChI is InChI=1S/C27H32N2O4/c1-6-17-33-22-13-11-21(12-14-22)25(30)23-24(20-9-7-19(8-10-20)18(2)3)29(16-15-28(4)5)27(32)26(23)31/h6-14,18,24,30H,1,15-17H2,2-5H3/b25-23+/t24-/m0/s1. The van der Waals surface area contributed by atoms with Gasteiger partial charge in [0.1, 0.15) is 18.1 Å². The maximum absolute atomic E-state index is 13.1. The monoisotopic (exact) mass is 448 g/mol. The van der Waals surface area contributed by atoms with E-state index in [2.05, 4.69) is 20.4 Å². The molecule has 0 spiro atoms. The molecule has 0 bridgehead atoms. The van der Waals surface area contributed by atoms with Crippen LogP contribution in [-0.2, 0) is 9.59 Å². The lowest BCUT2D eigenvalue weighted by molar-refractivity contribution is -0.140. The maximum Gasteiger partial charge on any atom is 0.295 e. The fourth-order valence-corrected chi connectivity index (χ4v) is 3.85. The largest absolute Gasteiger partial charge is 0.507 e. The second kappa shape index (κ2) is 10.5. The number of nitrogens with zero attached hydrogens (tertiary/aromatic N) is 2. The summed E-state index contributed by atoms with van der Waals surface area (Å²) < 4.78 is 5.50. The van der Waals surface area contributed by atoms with E-state index in [-0.39, 0.29) is 11.3 Å². The van der Waals surface area contributed by atoms with Crippen LogP contribution in [0.15, 0.2) is 66.8 Å². The van der Waals surface area contributed by atoms with Crippen molar-refractivity contribution < 1.29 is 19.4 Å². The topological polar surface area (TPSA) is 70.1 Å². The van der Waals surface area contributed by atoms with E-state index in [0.717, 1.165) is 5.56 Å². The Morgan fingerprint density at radius 3 is 2.30 bits per heavy atom. The Kier molecular flexibility index (Phi) is 7.71. The Balaban J connectivity index is 2.06. The Hall–Kier alpha value is -3.38. The van der Waals surface area contributed by atoms with E-state index in [1.54, 1.807) is 35.2 Å². The molecule has 3 rings (SSSR count). The van der Waals surface area contributed by atoms with Crippen molar-refractivity contribution in [2.45, 2.75) is 25.8 Å². The van der Waals surface area contributed by atoms with Crippen LogP contribution in [0.3, 0.4) is 0 Å². The summed E-state index contributed by atoms with van der Waals surface area (Å²) in [5.74, 6) is -0.466. The first-order chi connectivity index (χ1) is 15.7. The zero-order chi connectivity index (χ0) is 24.1. The van der Waals surface area contributed by atoms with Crippen LogP contribution in [0.4, 0.5) is 0 Å². The normalized spacial score (nSPS) is 17.8. The van der Waals surface area contributed by atoms with Gasteiger partial charge in [0.05, 0.1) is 11.6 Å². The summed E-state index contributed by atoms with van der Waals surface area (Å²) in [6, 6.07) is 14.0. The minimum Gasteiger partial charge on any atom is -0.507 e. The molecule has 1 aliphatic heterocycles. The van der Waals surface area contributed by atoms with E-state index in [9.17, 15) is 14.7 Å². The highest BCUT2D eigenvalue weighted by molar-refractivity contribution is 6.46. The number of benzene rings is 2. The van der Waals surface area contributed by atoms with E-state index < -0.39 is 17.7 Å². The average molecular weight is 449 g/mol. The Bertz CT molecular complexity index is 1040. The first kappa shape index (κ1) is 24.3. The first-order valence-corrected chi connectivity index (χ1v) is 11.1. The number of carbonyl (C=O) groups excluding carboxylic acids is 2. The van der Waals surface area contributed by atoms with Crippen LogP contribution in [0, 0.1) is 0 Å². The molecule has 6 nitrogen and oxygen atoms in total. The fraction of sp³-hybridized carbons (Fsp3) is 0.333. The Morgan fingerprint density at radius 2 is 1.76 bits per heavy atom. The molecule has 1 heterocycles. The minimum atomic E-state index is -0.670. The second-order valence-corrected chi connectivity index (χ2v) is 8.74. The molecule has 1 aliphatic rings. The predicted molar refractivity (Wildman–Crippen MR) is 130 cm³/mol. The van der Waals surface area contributed by atoms with Crippen molar-refractivity contribution in [2.24, 2.45) is 0 Å². The van der Waals surface area contributed by atoms with E-state index in [1.807, 2.05) is 43.3 Å². The van der Waals surface area contributed by atoms with Crippen molar-refractivity contribution in [3.8, 4) is 5.75 Å². The van der Waals surface area contributed by atoms with Crippen molar-refractivity contribution in [3.63, 3.8) is 0 Å². The van der Waals surface area contributed by atoms with Gasteiger partial charge in [0.2, 0.25) is 0 Å². The van der Waals surface area contributed by atoms with Crippen LogP contribution >= 0.6 is 0 Å². The SMILES string of the molecule is C=CCOc1ccc(/C(O)=C2\C(=O)C(=O)N(CCN(C)C)[C@H]2c2ccc(C(C)C)cc2)cc1. The van der Waals surface area contributed by atoms with Crippen molar-refractivity contribution in [3.05, 3.63) is 83.4 Å². The fourth-order valence-electron chi connectivity index (χ4n) is 3.85. The van der Waals surface area contributed by atoms with E-state index >= 15 is 0 Å². The molecular weight excluding hydrogens is 416 g/mol. The molecule has 0 aromatic heterocycles. The number of likely N-dealkylation sites (tertiary alicyclic amines) is 1. The molecule has 33 heavy (non-hydrogen) atoms. The molecule has 0 radical (unpaired) electrons. The second-order valence-electron chi connectivity index (χ2n) is 8.74. The summed E-state index contributed by atoms with van der Waals surface area (Å²) in [4.78, 5) is 29.6. The number of ether oxygens (including phenoxy) is 1. The summed E-state index contributed by atoms with van der Waals surface area (Å²) in [7, 11) is 3.83. The zero-order valence-electron chi connectivity index (χ0n) is 19.7. The zero-order valence-corrected chi connectivity index (χ0v) is 19.7. The molecule has 1 atom stereocenters. The van der Waals surface area contributed by atoms with Gasteiger partial charge in [0.25, 0.3) is 11.7 Å². The van der Waals surface area contributed by atoms with E-state index in [4.69, 9.17) is 4.74 Å². The highest BCUT2D eigenvalue weighted by Crippen LogP contribution is 2.39. The molecule has 0 unspecified atom stereocenters. The van der Waals surface area contributed by atoms with Gasteiger partial charge in [-0.2, -0.15) is 0 Å². The quantitative estimate of drug-likeness (QED) is 0.267. The van der Waals surface area contributed by atoms with Gasteiger partial charge in [-0.25, -0.2) is 0 Å². The number of aliphatic hydroxyl groups excluding tert-OH is 1. The number of hydrogen-bond donors (Lipinski definition) is 1. The number of Topliss-reactive ketones (excluding diaryl/α,β-unsaturated/α-hetero) is 1. The van der Waals surface area contributed by atoms with Crippen LogP contribution in [0.5, 0.6) is 5.75 Å². The van der Waals surface area contributed by atoms with E-state index in [1.165, 1.54) is 5.56 Å². The van der Waals surface area contributed by atoms with E-state index in [0.29, 0.717) is 36.9 Å². The first-order valence-electron chi connectivity index (χ1n) is 11.1. The van der Waals surface area contributed by atoms with Gasteiger partial charge in [-0.1, -0.05) is 50.8 Å². The molecule has 1 N–H and O–H groups in total. The van der Waals surface area contributed by atoms with Crippen molar-refractivity contribution in [2.75, 3.05) is 33.8 Å². The smallest absolute Gasteiger partial charge is 0.295 e. The van der Waals surface area contributed by atoms with Crippen molar-refractivity contribution in [1.82, 2.24) is 9.80 Å². The lowest BCUT2D eigenvalue weighted by Gasteiger charge is -2.27. The number of ketones is 1. The molecule has 2 aromatic carbocycles. The van der Waals surface area contributed by atoms with Crippen LogP contribution in [0.1, 0.15) is 42.5 Å². The third kappa shape index (κ3) is 5.34. The third-order valence-electron chi connectivity index (χ3n) is 5.74. The predicted octanol–water partition coefficient (Wildman–Crippen LogP) is 4.36. The van der Waals surface area contributed by atoms with Gasteiger partial charge in [0, 0.05) is 18.7 Å². The summed E-state index contributed by atoms with van der Waals surface area (Å²) >= 11 is 0. The van der Waals surface area contributed by atoms with Crippen LogP contribution in [-0.4, -0.2) is 60.4 Å². The van der Waals surface area contributed by atoms with Crippen molar-refractivity contribution in [1.29, 1.82) is 0 Å². The van der Waals surface area contributed by atoms with Gasteiger partial charge in [-0.3, -0.25) is 9.59 Å². The molecule has 0 aliphatic carbocycles. The van der Waals surface area contributed by atoms with Gasteiger partial charge >= 0.3 is 0 Å². The molecule has 6 heteroatoms. The average Bonchev–Trinajstić information content (AvgIpc) is 3.06. The number of amides is 1.